The fraction of sp³-hybridized carbons (Fsp3) is 0.526. The third kappa shape index (κ3) is 22.5. The van der Waals surface area contributed by atoms with Gasteiger partial charge < -0.3 is 4.74 Å². The highest BCUT2D eigenvalue weighted by Gasteiger charge is 1.99. The highest BCUT2D eigenvalue weighted by atomic mass is 16.5. The Labute approximate surface area is 141 Å². The highest BCUT2D eigenvalue weighted by Crippen LogP contribution is 2.00. The Morgan fingerprint density at radius 1 is 0.783 bits per heavy atom. The van der Waals surface area contributed by atoms with Gasteiger partial charge in [-0.1, -0.05) is 40.0 Å². The zero-order chi connectivity index (χ0) is 19.0. The van der Waals surface area contributed by atoms with Crippen molar-refractivity contribution in [3.05, 3.63) is 36.5 Å². The molecule has 23 heavy (non-hydrogen) atoms. The Hall–Kier alpha value is -1.97. The van der Waals surface area contributed by atoms with E-state index in [2.05, 4.69) is 19.7 Å². The number of carbonyl (C=O) groups is 3. The second-order valence-electron chi connectivity index (χ2n) is 5.16. The first kappa shape index (κ1) is 26.0. The first-order chi connectivity index (χ1) is 10.5. The van der Waals surface area contributed by atoms with Crippen LogP contribution in [0.2, 0.25) is 0 Å². The van der Waals surface area contributed by atoms with Crippen LogP contribution < -0.4 is 0 Å². The van der Waals surface area contributed by atoms with Gasteiger partial charge in [0.1, 0.15) is 0 Å². The van der Waals surface area contributed by atoms with Crippen molar-refractivity contribution in [2.45, 2.75) is 60.8 Å². The van der Waals surface area contributed by atoms with E-state index in [-0.39, 0.29) is 17.5 Å². The topological polar surface area (TPSA) is 60.4 Å². The van der Waals surface area contributed by atoms with Gasteiger partial charge in [0.2, 0.25) is 0 Å². The van der Waals surface area contributed by atoms with Gasteiger partial charge in [-0.2, -0.15) is 0 Å². The maximum atomic E-state index is 10.6. The molecular weight excluding hydrogens is 292 g/mol. The summed E-state index contributed by atoms with van der Waals surface area (Å²) in [6.45, 7) is 21.3. The van der Waals surface area contributed by atoms with E-state index < -0.39 is 0 Å². The van der Waals surface area contributed by atoms with Gasteiger partial charge in [0.25, 0.3) is 0 Å². The smallest absolute Gasteiger partial charge is 0.333 e. The van der Waals surface area contributed by atoms with E-state index >= 15 is 0 Å². The highest BCUT2D eigenvalue weighted by molar-refractivity contribution is 5.92. The van der Waals surface area contributed by atoms with Gasteiger partial charge in [-0.25, -0.2) is 4.79 Å². The molecule has 0 heterocycles. The van der Waals surface area contributed by atoms with E-state index in [1.165, 1.54) is 6.92 Å². The van der Waals surface area contributed by atoms with Gasteiger partial charge in [-0.3, -0.25) is 9.59 Å². The van der Waals surface area contributed by atoms with Crippen LogP contribution in [0.15, 0.2) is 36.5 Å². The number of hydrogen-bond acceptors (Lipinski definition) is 4. The van der Waals surface area contributed by atoms with Crippen molar-refractivity contribution in [3.63, 3.8) is 0 Å². The molecule has 4 nitrogen and oxygen atoms in total. The van der Waals surface area contributed by atoms with Crippen LogP contribution in [0.5, 0.6) is 0 Å². The summed E-state index contributed by atoms with van der Waals surface area (Å²) in [5.74, 6) is -0.112. The summed E-state index contributed by atoms with van der Waals surface area (Å²) in [4.78, 5) is 31.1. The normalized spacial score (nSPS) is 8.43. The third-order valence-electron chi connectivity index (χ3n) is 2.44. The van der Waals surface area contributed by atoms with Crippen molar-refractivity contribution in [3.8, 4) is 0 Å². The fourth-order valence-corrected chi connectivity index (χ4v) is 0.796. The van der Waals surface area contributed by atoms with E-state index in [1.807, 2.05) is 13.8 Å². The summed E-state index contributed by atoms with van der Waals surface area (Å²) in [7, 11) is 0. The molecule has 132 valence electrons. The summed E-state index contributed by atoms with van der Waals surface area (Å²) >= 11 is 0. The van der Waals surface area contributed by atoms with E-state index in [9.17, 15) is 14.4 Å². The summed E-state index contributed by atoms with van der Waals surface area (Å²) in [5, 5.41) is 0. The first-order valence-electron chi connectivity index (χ1n) is 7.68. The molecule has 0 saturated heterocycles. The minimum absolute atomic E-state index is 0.0648. The molecule has 0 saturated carbocycles. The number of hydrogen-bond donors (Lipinski definition) is 0. The van der Waals surface area contributed by atoms with Gasteiger partial charge in [-0.05, 0) is 51.7 Å². The van der Waals surface area contributed by atoms with Gasteiger partial charge >= 0.3 is 5.97 Å². The molecule has 0 N–H and O–H groups in total. The molecule has 0 bridgehead atoms. The van der Waals surface area contributed by atoms with Crippen LogP contribution in [0.1, 0.15) is 60.8 Å². The molecule has 0 rings (SSSR count). The quantitative estimate of drug-likeness (QED) is 0.507. The average molecular weight is 324 g/mol. The van der Waals surface area contributed by atoms with Crippen LogP contribution in [0.4, 0.5) is 0 Å². The van der Waals surface area contributed by atoms with E-state index in [0.717, 1.165) is 24.8 Å². The standard InChI is InChI=1S/C7H12O2.C7H12O.C5H8O/c1-4-5-9-7(8)6(2)3;1-4-5-6(2)7(3)8;1-4(2)5(3)6/h2,4-5H2,1,3H3;2,4-5H2,1,3H3;1H2,2-3H3. The Morgan fingerprint density at radius 3 is 1.39 bits per heavy atom. The molecule has 0 aromatic heterocycles. The predicted molar refractivity (Wildman–Crippen MR) is 96.3 cm³/mol. The largest absolute Gasteiger partial charge is 0.462 e. The van der Waals surface area contributed by atoms with Crippen molar-refractivity contribution in [2.24, 2.45) is 0 Å². The van der Waals surface area contributed by atoms with Gasteiger partial charge in [0, 0.05) is 5.57 Å². The number of ketones is 2. The van der Waals surface area contributed by atoms with Crippen LogP contribution in [0.3, 0.4) is 0 Å². The fourth-order valence-electron chi connectivity index (χ4n) is 0.796. The second kappa shape index (κ2) is 16.4. The minimum atomic E-state index is -0.295. The molecule has 0 spiro atoms. The van der Waals surface area contributed by atoms with Crippen molar-refractivity contribution < 1.29 is 19.1 Å². The Bertz CT molecular complexity index is 419. The van der Waals surface area contributed by atoms with Crippen LogP contribution in [0, 0.1) is 0 Å². The molecule has 0 aliphatic carbocycles. The molecule has 0 aliphatic heterocycles. The third-order valence-corrected chi connectivity index (χ3v) is 2.44. The van der Waals surface area contributed by atoms with Crippen LogP contribution in [0.25, 0.3) is 0 Å². The van der Waals surface area contributed by atoms with Gasteiger partial charge in [-0.15, -0.1) is 0 Å². The summed E-state index contributed by atoms with van der Waals surface area (Å²) in [5.41, 5.74) is 1.82. The lowest BCUT2D eigenvalue weighted by Gasteiger charge is -1.99. The lowest BCUT2D eigenvalue weighted by molar-refractivity contribution is -0.138. The van der Waals surface area contributed by atoms with E-state index in [1.54, 1.807) is 20.8 Å². The number of rotatable bonds is 7. The molecule has 4 heteroatoms. The van der Waals surface area contributed by atoms with Gasteiger partial charge in [0.15, 0.2) is 11.6 Å². The summed E-state index contributed by atoms with van der Waals surface area (Å²) in [6, 6.07) is 0. The monoisotopic (exact) mass is 324 g/mol. The van der Waals surface area contributed by atoms with Crippen LogP contribution >= 0.6 is 0 Å². The molecule has 0 radical (unpaired) electrons. The first-order valence-corrected chi connectivity index (χ1v) is 7.68. The molecule has 0 fully saturated rings. The SMILES string of the molecule is C=C(C)C(=O)OCCC.C=C(C)C(C)=O.C=C(CCC)C(C)=O. The number of carbonyl (C=O) groups excluding carboxylic acids is 3. The zero-order valence-corrected chi connectivity index (χ0v) is 15.6. The molecule has 0 aliphatic rings. The predicted octanol–water partition coefficient (Wildman–Crippen LogP) is 4.60. The average Bonchev–Trinajstić information content (AvgIpc) is 2.45. The molecule has 0 unspecified atom stereocenters. The van der Waals surface area contributed by atoms with Crippen LogP contribution in [-0.4, -0.2) is 24.1 Å². The molecule has 0 amide bonds. The van der Waals surface area contributed by atoms with Gasteiger partial charge in [0.05, 0.1) is 6.61 Å². The number of allylic oxidation sites excluding steroid dienone is 2. The molecular formula is C19H32O4. The second-order valence-corrected chi connectivity index (χ2v) is 5.16. The Kier molecular flexibility index (Phi) is 18.5. The lowest BCUT2D eigenvalue weighted by Crippen LogP contribution is -2.04. The van der Waals surface area contributed by atoms with Crippen LogP contribution in [-0.2, 0) is 19.1 Å². The number of esters is 1. The Balaban J connectivity index is -0.000000266. The van der Waals surface area contributed by atoms with E-state index in [4.69, 9.17) is 4.74 Å². The Morgan fingerprint density at radius 2 is 1.22 bits per heavy atom. The van der Waals surface area contributed by atoms with E-state index in [0.29, 0.717) is 17.8 Å². The number of ether oxygens (including phenoxy) is 1. The van der Waals surface area contributed by atoms with Crippen molar-refractivity contribution >= 4 is 17.5 Å². The molecule has 0 aromatic rings. The zero-order valence-electron chi connectivity index (χ0n) is 15.6. The summed E-state index contributed by atoms with van der Waals surface area (Å²) in [6.07, 6.45) is 2.72. The minimum Gasteiger partial charge on any atom is -0.462 e. The van der Waals surface area contributed by atoms with Crippen molar-refractivity contribution in [2.75, 3.05) is 6.61 Å². The molecule has 0 atom stereocenters. The van der Waals surface area contributed by atoms with Crippen molar-refractivity contribution in [1.29, 1.82) is 0 Å². The maximum Gasteiger partial charge on any atom is 0.333 e. The maximum absolute atomic E-state index is 10.6. The lowest BCUT2D eigenvalue weighted by atomic mass is 10.1. The summed E-state index contributed by atoms with van der Waals surface area (Å²) < 4.78 is 4.71. The number of Topliss-reactive ketones (excluding diaryl/α,β-unsaturated/α-hetero) is 2. The molecule has 0 aromatic carbocycles. The van der Waals surface area contributed by atoms with Crippen molar-refractivity contribution in [1.82, 2.24) is 0 Å².